The Labute approximate surface area is 204 Å². The molecule has 9 nitrogen and oxygen atoms in total. The van der Waals surface area contributed by atoms with Crippen molar-refractivity contribution in [3.8, 4) is 0 Å². The fraction of sp³-hybridized carbons (Fsp3) is 0.0833. The number of rotatable bonds is 8. The number of nitrogens with one attached hydrogen (secondary N) is 3. The Morgan fingerprint density at radius 1 is 0.694 bits per heavy atom. The number of hydrogen-bond acceptors (Lipinski definition) is 9. The average molecular weight is 491 g/mol. The lowest BCUT2D eigenvalue weighted by atomic mass is 10.2. The highest BCUT2D eigenvalue weighted by Gasteiger charge is 2.15. The van der Waals surface area contributed by atoms with E-state index >= 15 is 0 Å². The van der Waals surface area contributed by atoms with Gasteiger partial charge in [0.25, 0.3) is 0 Å². The zero-order valence-electron chi connectivity index (χ0n) is 19.2. The molecule has 0 saturated carbocycles. The normalized spacial score (nSPS) is 11.8. The van der Waals surface area contributed by atoms with Crippen LogP contribution in [0.3, 0.4) is 0 Å². The van der Waals surface area contributed by atoms with E-state index in [0.29, 0.717) is 11.4 Å². The fourth-order valence-corrected chi connectivity index (χ4v) is 2.96. The van der Waals surface area contributed by atoms with Crippen LogP contribution < -0.4 is 16.2 Å². The van der Waals surface area contributed by atoms with Gasteiger partial charge in [0.05, 0.1) is 17.1 Å². The number of benzene rings is 1. The van der Waals surface area contributed by atoms with Gasteiger partial charge in [0, 0.05) is 42.0 Å². The number of anilines is 4. The second kappa shape index (κ2) is 11.0. The SMILES string of the molecule is CC(=NNc1cc(NN=C(C)c2ccncc2)nc(Nc2ccc(F)c(F)c2F)n1)c1ccncc1. The number of pyridine rings is 2. The molecule has 0 saturated heterocycles. The molecule has 4 rings (SSSR count). The molecule has 0 atom stereocenters. The van der Waals surface area contributed by atoms with E-state index in [0.717, 1.165) is 23.3 Å². The molecular formula is C24H20F3N9. The first kappa shape index (κ1) is 24.3. The molecule has 0 bridgehead atoms. The molecule has 1 aromatic carbocycles. The Hall–Kier alpha value is -4.87. The van der Waals surface area contributed by atoms with E-state index < -0.39 is 17.5 Å². The van der Waals surface area contributed by atoms with Crippen molar-refractivity contribution in [2.45, 2.75) is 13.8 Å². The molecule has 36 heavy (non-hydrogen) atoms. The summed E-state index contributed by atoms with van der Waals surface area (Å²) in [5, 5.41) is 11.2. The monoisotopic (exact) mass is 491 g/mol. The molecule has 0 aliphatic heterocycles. The molecule has 0 radical (unpaired) electrons. The third-order valence-electron chi connectivity index (χ3n) is 4.88. The van der Waals surface area contributed by atoms with Crippen LogP contribution in [0.5, 0.6) is 0 Å². The first-order valence-electron chi connectivity index (χ1n) is 10.6. The summed E-state index contributed by atoms with van der Waals surface area (Å²) >= 11 is 0. The van der Waals surface area contributed by atoms with Crippen molar-refractivity contribution >= 4 is 34.7 Å². The molecule has 182 valence electrons. The van der Waals surface area contributed by atoms with Crippen LogP contribution >= 0.6 is 0 Å². The second-order valence-electron chi connectivity index (χ2n) is 7.40. The predicted octanol–water partition coefficient (Wildman–Crippen LogP) is 5.10. The minimum absolute atomic E-state index is 0.110. The fourth-order valence-electron chi connectivity index (χ4n) is 2.96. The van der Waals surface area contributed by atoms with Gasteiger partial charge in [-0.2, -0.15) is 20.2 Å². The van der Waals surface area contributed by atoms with Gasteiger partial charge in [-0.25, -0.2) is 13.2 Å². The van der Waals surface area contributed by atoms with Crippen molar-refractivity contribution in [2.24, 2.45) is 10.2 Å². The van der Waals surface area contributed by atoms with Crippen molar-refractivity contribution in [3.63, 3.8) is 0 Å². The molecule has 0 spiro atoms. The number of hydrogen-bond donors (Lipinski definition) is 3. The standard InChI is InChI=1S/C24H20F3N9/c1-14(16-5-9-28-10-6-16)33-35-20-13-21(36-34-15(2)17-7-11-29-12-8-17)32-24(31-20)30-19-4-3-18(25)22(26)23(19)27/h3-13H,1-2H3,(H3,30,31,32,35,36). The molecule has 3 N–H and O–H groups in total. The molecular weight excluding hydrogens is 471 g/mol. The summed E-state index contributed by atoms with van der Waals surface area (Å²) in [6.45, 7) is 3.59. The smallest absolute Gasteiger partial charge is 0.231 e. The van der Waals surface area contributed by atoms with Crippen LogP contribution in [0, 0.1) is 17.5 Å². The Balaban J connectivity index is 1.64. The molecule has 3 aromatic heterocycles. The Morgan fingerprint density at radius 3 is 1.69 bits per heavy atom. The quantitative estimate of drug-likeness (QED) is 0.179. The maximum absolute atomic E-state index is 14.2. The summed E-state index contributed by atoms with van der Waals surface area (Å²) in [5.74, 6) is -3.97. The number of nitrogens with zero attached hydrogens (tertiary/aromatic N) is 6. The molecule has 0 aliphatic carbocycles. The van der Waals surface area contributed by atoms with E-state index in [-0.39, 0.29) is 23.3 Å². The highest BCUT2D eigenvalue weighted by molar-refractivity contribution is 5.99. The minimum atomic E-state index is -1.61. The van der Waals surface area contributed by atoms with Crippen LogP contribution in [0.4, 0.5) is 36.4 Å². The van der Waals surface area contributed by atoms with Crippen LogP contribution in [0.15, 0.2) is 77.5 Å². The van der Waals surface area contributed by atoms with E-state index in [1.807, 2.05) is 0 Å². The Morgan fingerprint density at radius 2 is 1.19 bits per heavy atom. The summed E-state index contributed by atoms with van der Waals surface area (Å²) < 4.78 is 41.2. The van der Waals surface area contributed by atoms with Crippen LogP contribution in [0.25, 0.3) is 0 Å². The van der Waals surface area contributed by atoms with Gasteiger partial charge in [-0.1, -0.05) is 0 Å². The zero-order valence-corrected chi connectivity index (χ0v) is 19.2. The number of aromatic nitrogens is 4. The third kappa shape index (κ3) is 5.97. The molecule has 4 aromatic rings. The average Bonchev–Trinajstić information content (AvgIpc) is 2.91. The lowest BCUT2D eigenvalue weighted by Crippen LogP contribution is -2.08. The highest BCUT2D eigenvalue weighted by atomic mass is 19.2. The van der Waals surface area contributed by atoms with Crippen molar-refractivity contribution in [3.05, 3.63) is 95.8 Å². The van der Waals surface area contributed by atoms with Crippen molar-refractivity contribution in [1.29, 1.82) is 0 Å². The van der Waals surface area contributed by atoms with Gasteiger partial charge in [0.1, 0.15) is 0 Å². The van der Waals surface area contributed by atoms with E-state index in [4.69, 9.17) is 0 Å². The lowest BCUT2D eigenvalue weighted by molar-refractivity contribution is 0.449. The maximum atomic E-state index is 14.2. The molecule has 12 heteroatoms. The van der Waals surface area contributed by atoms with Crippen LogP contribution in [0.1, 0.15) is 25.0 Å². The van der Waals surface area contributed by atoms with Gasteiger partial charge in [-0.3, -0.25) is 20.8 Å². The lowest BCUT2D eigenvalue weighted by Gasteiger charge is -2.11. The van der Waals surface area contributed by atoms with E-state index in [1.54, 1.807) is 62.9 Å². The van der Waals surface area contributed by atoms with Crippen molar-refractivity contribution < 1.29 is 13.2 Å². The highest BCUT2D eigenvalue weighted by Crippen LogP contribution is 2.24. The first-order valence-corrected chi connectivity index (χ1v) is 10.6. The zero-order chi connectivity index (χ0) is 25.5. The number of halogens is 3. The van der Waals surface area contributed by atoms with Gasteiger partial charge in [-0.05, 0) is 50.2 Å². The van der Waals surface area contributed by atoms with Crippen LogP contribution in [-0.2, 0) is 0 Å². The molecule has 0 aliphatic rings. The Kier molecular flexibility index (Phi) is 7.44. The van der Waals surface area contributed by atoms with Gasteiger partial charge in [-0.15, -0.1) is 0 Å². The van der Waals surface area contributed by atoms with Crippen molar-refractivity contribution in [1.82, 2.24) is 19.9 Å². The van der Waals surface area contributed by atoms with Gasteiger partial charge in [0.15, 0.2) is 29.1 Å². The Bertz CT molecular complexity index is 1340. The second-order valence-corrected chi connectivity index (χ2v) is 7.40. The molecule has 3 heterocycles. The molecule has 0 amide bonds. The van der Waals surface area contributed by atoms with E-state index in [9.17, 15) is 13.2 Å². The molecule has 0 fully saturated rings. The summed E-state index contributed by atoms with van der Waals surface area (Å²) in [6, 6.07) is 10.5. The van der Waals surface area contributed by atoms with E-state index in [1.165, 1.54) is 6.07 Å². The minimum Gasteiger partial charge on any atom is -0.321 e. The summed E-state index contributed by atoms with van der Waals surface area (Å²) in [5.41, 5.74) is 8.27. The predicted molar refractivity (Wildman–Crippen MR) is 132 cm³/mol. The van der Waals surface area contributed by atoms with Crippen LogP contribution in [-0.4, -0.2) is 31.4 Å². The maximum Gasteiger partial charge on any atom is 0.231 e. The third-order valence-corrected chi connectivity index (χ3v) is 4.88. The van der Waals surface area contributed by atoms with Gasteiger partial charge < -0.3 is 5.32 Å². The summed E-state index contributed by atoms with van der Waals surface area (Å²) in [4.78, 5) is 16.4. The van der Waals surface area contributed by atoms with Crippen molar-refractivity contribution in [2.75, 3.05) is 16.2 Å². The summed E-state index contributed by atoms with van der Waals surface area (Å²) in [6.07, 6.45) is 6.57. The molecule has 0 unspecified atom stereocenters. The topological polar surface area (TPSA) is 112 Å². The summed E-state index contributed by atoms with van der Waals surface area (Å²) in [7, 11) is 0. The number of hydrazone groups is 2. The van der Waals surface area contributed by atoms with E-state index in [2.05, 4.69) is 46.3 Å². The largest absolute Gasteiger partial charge is 0.321 e. The van der Waals surface area contributed by atoms with Crippen LogP contribution in [0.2, 0.25) is 0 Å². The van der Waals surface area contributed by atoms with Gasteiger partial charge >= 0.3 is 0 Å². The van der Waals surface area contributed by atoms with Gasteiger partial charge in [0.2, 0.25) is 5.95 Å². The first-order chi connectivity index (χ1) is 17.4.